The number of ether oxygens (including phenoxy) is 4. The number of hydrogen-bond acceptors (Lipinski definition) is 15. The Morgan fingerprint density at radius 1 is 0.302 bits per heavy atom. The number of phosphoric ester groups is 2. The number of rotatable bonds is 75. The van der Waals surface area contributed by atoms with Crippen molar-refractivity contribution in [2.45, 2.75) is 414 Å². The van der Waals surface area contributed by atoms with E-state index in [1.165, 1.54) is 199 Å². The lowest BCUT2D eigenvalue weighted by Crippen LogP contribution is -2.30. The summed E-state index contributed by atoms with van der Waals surface area (Å²) >= 11 is 0. The Hall–Kier alpha value is -1.94. The maximum absolute atomic E-state index is 13.1. The Kier molecular flexibility index (Phi) is 66.2. The maximum atomic E-state index is 13.1. The predicted octanol–water partition coefficient (Wildman–Crippen LogP) is 22.6. The van der Waals surface area contributed by atoms with Crippen molar-refractivity contribution in [2.75, 3.05) is 39.6 Å². The van der Waals surface area contributed by atoms with Crippen LogP contribution in [0.15, 0.2) is 0 Å². The first-order chi connectivity index (χ1) is 46.3. The Balaban J connectivity index is 5.23. The molecular formula is C77H150O17P2. The molecule has 0 amide bonds. The highest BCUT2D eigenvalue weighted by Crippen LogP contribution is 2.45. The first-order valence-electron chi connectivity index (χ1n) is 39.9. The molecule has 0 aliphatic rings. The minimum Gasteiger partial charge on any atom is -0.462 e. The normalized spacial score (nSPS) is 14.6. The summed E-state index contributed by atoms with van der Waals surface area (Å²) in [5.41, 5.74) is 0. The zero-order valence-electron chi connectivity index (χ0n) is 62.8. The van der Waals surface area contributed by atoms with E-state index in [2.05, 4.69) is 48.5 Å². The summed E-state index contributed by atoms with van der Waals surface area (Å²) in [6.07, 6.45) is 54.2. The standard InChI is InChI=1S/C77H150O17P2/c1-8-11-12-13-14-15-16-17-18-19-20-24-27-30-36-44-51-58-74(79)87-64-72(93-76(81)60-53-46-37-31-28-25-22-21-23-26-29-34-42-49-56-69(6)9-2)66-91-95(83,84)89-62-71(78)63-90-96(85,86)92-67-73(65-88-75(80)59-52-45-40-39-41-48-55-68(4)5)94-77(82)61-54-47-38-33-32-35-43-50-57-70(7)10-3/h68-73,78H,8-67H2,1-7H3,(H,83,84)(H,85,86)/t69?,70?,71-,72-,73-/m1/s1. The molecule has 7 atom stereocenters. The lowest BCUT2D eigenvalue weighted by Gasteiger charge is -2.21. The summed E-state index contributed by atoms with van der Waals surface area (Å²) in [5, 5.41) is 10.6. The van der Waals surface area contributed by atoms with E-state index in [0.29, 0.717) is 31.6 Å². The predicted molar refractivity (Wildman–Crippen MR) is 391 cm³/mol. The molecule has 17 nitrogen and oxygen atoms in total. The molecule has 0 saturated carbocycles. The lowest BCUT2D eigenvalue weighted by atomic mass is 9.99. The fourth-order valence-electron chi connectivity index (χ4n) is 11.7. The number of esters is 4. The third kappa shape index (κ3) is 67.9. The lowest BCUT2D eigenvalue weighted by molar-refractivity contribution is -0.161. The zero-order valence-corrected chi connectivity index (χ0v) is 64.6. The van der Waals surface area contributed by atoms with Crippen molar-refractivity contribution < 1.29 is 80.2 Å². The first-order valence-corrected chi connectivity index (χ1v) is 42.9. The van der Waals surface area contributed by atoms with Gasteiger partial charge in [0.05, 0.1) is 26.4 Å². The van der Waals surface area contributed by atoms with Crippen LogP contribution in [0.3, 0.4) is 0 Å². The van der Waals surface area contributed by atoms with Crippen LogP contribution in [0.2, 0.25) is 0 Å². The molecule has 0 aliphatic carbocycles. The molecule has 3 N–H and O–H groups in total. The second-order valence-corrected chi connectivity index (χ2v) is 31.6. The van der Waals surface area contributed by atoms with E-state index < -0.39 is 97.5 Å². The zero-order chi connectivity index (χ0) is 70.9. The van der Waals surface area contributed by atoms with Gasteiger partial charge in [-0.3, -0.25) is 37.3 Å². The first kappa shape index (κ1) is 94.1. The average Bonchev–Trinajstić information content (AvgIpc) is 2.31. The third-order valence-corrected chi connectivity index (χ3v) is 20.5. The molecule has 0 saturated heterocycles. The number of aliphatic hydroxyl groups is 1. The van der Waals surface area contributed by atoms with Gasteiger partial charge in [-0.25, -0.2) is 9.13 Å². The number of aliphatic hydroxyl groups excluding tert-OH is 1. The highest BCUT2D eigenvalue weighted by molar-refractivity contribution is 7.47. The van der Waals surface area contributed by atoms with E-state index in [1.54, 1.807) is 0 Å². The van der Waals surface area contributed by atoms with Gasteiger partial charge in [0.25, 0.3) is 0 Å². The van der Waals surface area contributed by atoms with Gasteiger partial charge >= 0.3 is 39.5 Å². The summed E-state index contributed by atoms with van der Waals surface area (Å²) in [6.45, 7) is 11.9. The number of carbonyl (C=O) groups is 4. The van der Waals surface area contributed by atoms with Crippen molar-refractivity contribution in [3.8, 4) is 0 Å². The van der Waals surface area contributed by atoms with Crippen LogP contribution in [-0.4, -0.2) is 96.7 Å². The quantitative estimate of drug-likeness (QED) is 0.0222. The highest BCUT2D eigenvalue weighted by Gasteiger charge is 2.30. The largest absolute Gasteiger partial charge is 0.472 e. The van der Waals surface area contributed by atoms with E-state index in [1.807, 2.05) is 0 Å². The molecule has 570 valence electrons. The van der Waals surface area contributed by atoms with Gasteiger partial charge in [-0.05, 0) is 43.4 Å². The molecule has 96 heavy (non-hydrogen) atoms. The molecule has 19 heteroatoms. The van der Waals surface area contributed by atoms with Gasteiger partial charge in [-0.1, -0.05) is 344 Å². The van der Waals surface area contributed by atoms with E-state index >= 15 is 0 Å². The molecule has 0 rings (SSSR count). The topological polar surface area (TPSA) is 237 Å². The fraction of sp³-hybridized carbons (Fsp3) is 0.948. The van der Waals surface area contributed by atoms with Crippen LogP contribution in [0.25, 0.3) is 0 Å². The van der Waals surface area contributed by atoms with E-state index in [0.717, 1.165) is 108 Å². The van der Waals surface area contributed by atoms with Gasteiger partial charge in [0.2, 0.25) is 0 Å². The van der Waals surface area contributed by atoms with Gasteiger partial charge in [-0.2, -0.15) is 0 Å². The summed E-state index contributed by atoms with van der Waals surface area (Å²) in [7, 11) is -9.91. The van der Waals surface area contributed by atoms with Crippen molar-refractivity contribution in [2.24, 2.45) is 17.8 Å². The van der Waals surface area contributed by atoms with Crippen LogP contribution < -0.4 is 0 Å². The molecule has 4 unspecified atom stereocenters. The Labute approximate surface area is 588 Å². The molecule has 0 spiro atoms. The van der Waals surface area contributed by atoms with E-state index in [9.17, 15) is 43.2 Å². The molecule has 0 aliphatic heterocycles. The van der Waals surface area contributed by atoms with Crippen LogP contribution in [-0.2, 0) is 65.4 Å². The molecule has 0 radical (unpaired) electrons. The van der Waals surface area contributed by atoms with Crippen molar-refractivity contribution >= 4 is 39.5 Å². The molecular weight excluding hydrogens is 1260 g/mol. The second-order valence-electron chi connectivity index (χ2n) is 28.7. The van der Waals surface area contributed by atoms with E-state index in [4.69, 9.17) is 37.0 Å². The minimum absolute atomic E-state index is 0.104. The average molecular weight is 1410 g/mol. The summed E-state index contributed by atoms with van der Waals surface area (Å²) < 4.78 is 68.5. The molecule has 0 fully saturated rings. The number of unbranched alkanes of at least 4 members (excludes halogenated alkanes) is 41. The van der Waals surface area contributed by atoms with Crippen molar-refractivity contribution in [1.29, 1.82) is 0 Å². The van der Waals surface area contributed by atoms with Crippen LogP contribution in [0.1, 0.15) is 395 Å². The Bertz CT molecular complexity index is 1870. The Morgan fingerprint density at radius 2 is 0.531 bits per heavy atom. The van der Waals surface area contributed by atoms with Crippen LogP contribution in [0.5, 0.6) is 0 Å². The molecule has 0 bridgehead atoms. The summed E-state index contributed by atoms with van der Waals surface area (Å²) in [6, 6.07) is 0. The summed E-state index contributed by atoms with van der Waals surface area (Å²) in [5.74, 6) is 0.175. The second kappa shape index (κ2) is 67.5. The van der Waals surface area contributed by atoms with Gasteiger partial charge in [0.1, 0.15) is 19.3 Å². The molecule has 0 aromatic carbocycles. The van der Waals surface area contributed by atoms with Crippen molar-refractivity contribution in [3.05, 3.63) is 0 Å². The maximum Gasteiger partial charge on any atom is 0.472 e. The number of phosphoric acid groups is 2. The fourth-order valence-corrected chi connectivity index (χ4v) is 13.3. The molecule has 0 aromatic rings. The van der Waals surface area contributed by atoms with Gasteiger partial charge in [0.15, 0.2) is 12.2 Å². The Morgan fingerprint density at radius 3 is 0.792 bits per heavy atom. The summed E-state index contributed by atoms with van der Waals surface area (Å²) in [4.78, 5) is 72.8. The molecule has 0 heterocycles. The van der Waals surface area contributed by atoms with Gasteiger partial charge in [-0.15, -0.1) is 0 Å². The smallest absolute Gasteiger partial charge is 0.462 e. The van der Waals surface area contributed by atoms with Crippen LogP contribution in [0, 0.1) is 17.8 Å². The third-order valence-electron chi connectivity index (χ3n) is 18.6. The van der Waals surface area contributed by atoms with Crippen molar-refractivity contribution in [3.63, 3.8) is 0 Å². The highest BCUT2D eigenvalue weighted by atomic mass is 31.2. The minimum atomic E-state index is -4.96. The van der Waals surface area contributed by atoms with Crippen LogP contribution >= 0.6 is 15.6 Å². The number of hydrogen-bond donors (Lipinski definition) is 3. The SMILES string of the molecule is CCCCCCCCCCCCCCCCCCCC(=O)OC[C@H](COP(=O)(O)OC[C@@H](O)COP(=O)(O)OC[C@@H](COC(=O)CCCCCCCCC(C)C)OC(=O)CCCCCCCCCCC(C)CC)OC(=O)CCCCCCCCCCCCCCCCC(C)CC. The monoisotopic (exact) mass is 1410 g/mol. The van der Waals surface area contributed by atoms with Gasteiger partial charge in [0, 0.05) is 25.7 Å². The molecule has 0 aromatic heterocycles. The van der Waals surface area contributed by atoms with E-state index in [-0.39, 0.29) is 25.7 Å². The number of carbonyl (C=O) groups excluding carboxylic acids is 4. The van der Waals surface area contributed by atoms with Gasteiger partial charge < -0.3 is 33.8 Å². The van der Waals surface area contributed by atoms with Crippen LogP contribution in [0.4, 0.5) is 0 Å². The van der Waals surface area contributed by atoms with Crippen molar-refractivity contribution in [1.82, 2.24) is 0 Å².